The number of nitrogens with one attached hydrogen (secondary N) is 1. The zero-order chi connectivity index (χ0) is 20.3. The third-order valence-corrected chi connectivity index (χ3v) is 4.96. The number of hydrogen-bond donors (Lipinski definition) is 1. The first-order chi connectivity index (χ1) is 13.5. The van der Waals surface area contributed by atoms with Crippen LogP contribution in [-0.4, -0.2) is 42.6 Å². The van der Waals surface area contributed by atoms with E-state index in [1.54, 1.807) is 7.11 Å². The third kappa shape index (κ3) is 3.88. The molecule has 150 valence electrons. The Labute approximate surface area is 166 Å². The van der Waals surface area contributed by atoms with E-state index in [2.05, 4.69) is 34.0 Å². The van der Waals surface area contributed by atoms with Crippen LogP contribution < -0.4 is 19.9 Å². The molecule has 1 N–H and O–H groups in total. The number of amides is 1. The molecule has 7 nitrogen and oxygen atoms in total. The summed E-state index contributed by atoms with van der Waals surface area (Å²) >= 11 is 0. The number of carbonyl (C=O) groups is 1. The number of aromatic nitrogens is 2. The molecule has 0 atom stereocenters. The summed E-state index contributed by atoms with van der Waals surface area (Å²) < 4.78 is 5.32. The van der Waals surface area contributed by atoms with Gasteiger partial charge in [-0.05, 0) is 51.0 Å². The second-order valence-corrected chi connectivity index (χ2v) is 7.01. The van der Waals surface area contributed by atoms with Crippen LogP contribution in [0.15, 0.2) is 18.2 Å². The van der Waals surface area contributed by atoms with E-state index >= 15 is 0 Å². The number of hydrogen-bond acceptors (Lipinski definition) is 6. The van der Waals surface area contributed by atoms with Gasteiger partial charge in [-0.15, -0.1) is 0 Å². The van der Waals surface area contributed by atoms with Gasteiger partial charge in [-0.2, -0.15) is 0 Å². The monoisotopic (exact) mass is 383 g/mol. The van der Waals surface area contributed by atoms with Crippen molar-refractivity contribution in [1.82, 2.24) is 9.97 Å². The lowest BCUT2D eigenvalue weighted by Crippen LogP contribution is -2.38. The average molecular weight is 383 g/mol. The highest BCUT2D eigenvalue weighted by Gasteiger charge is 2.30. The van der Waals surface area contributed by atoms with Crippen molar-refractivity contribution in [3.05, 3.63) is 29.6 Å². The van der Waals surface area contributed by atoms with Crippen LogP contribution in [-0.2, 0) is 4.79 Å². The topological polar surface area (TPSA) is 70.6 Å². The van der Waals surface area contributed by atoms with Gasteiger partial charge < -0.3 is 19.9 Å². The lowest BCUT2D eigenvalue weighted by atomic mass is 10.1. The van der Waals surface area contributed by atoms with Crippen molar-refractivity contribution in [2.24, 2.45) is 0 Å². The zero-order valence-corrected chi connectivity index (χ0v) is 17.4. The molecular weight excluding hydrogens is 354 g/mol. The summed E-state index contributed by atoms with van der Waals surface area (Å²) in [5, 5.41) is 3.02. The highest BCUT2D eigenvalue weighted by atomic mass is 16.5. The first-order valence-corrected chi connectivity index (χ1v) is 9.84. The van der Waals surface area contributed by atoms with Crippen LogP contribution in [0.3, 0.4) is 0 Å². The summed E-state index contributed by atoms with van der Waals surface area (Å²) in [6.45, 7) is 10.1. The average Bonchev–Trinajstić information content (AvgIpc) is 2.68. The van der Waals surface area contributed by atoms with Crippen LogP contribution in [0, 0.1) is 13.8 Å². The molecule has 0 bridgehead atoms. The van der Waals surface area contributed by atoms with Crippen LogP contribution in [0.1, 0.15) is 38.1 Å². The Morgan fingerprint density at radius 1 is 1.25 bits per heavy atom. The lowest BCUT2D eigenvalue weighted by Gasteiger charge is -2.34. The van der Waals surface area contributed by atoms with Crippen molar-refractivity contribution in [2.75, 3.05) is 41.9 Å². The maximum Gasteiger partial charge on any atom is 0.244 e. The summed E-state index contributed by atoms with van der Waals surface area (Å²) in [5.41, 5.74) is 2.66. The number of carbonyl (C=O) groups excluding carboxylic acids is 1. The molecule has 1 aliphatic heterocycles. The van der Waals surface area contributed by atoms with Gasteiger partial charge in [0.1, 0.15) is 23.8 Å². The zero-order valence-electron chi connectivity index (χ0n) is 17.4. The Bertz CT molecular complexity index is 868. The van der Waals surface area contributed by atoms with Crippen LogP contribution in [0.25, 0.3) is 0 Å². The molecule has 0 aliphatic carbocycles. The number of anilines is 4. The number of fused-ring (bicyclic) bond motifs is 1. The molecule has 0 radical (unpaired) electrons. The molecule has 1 aromatic carbocycles. The fourth-order valence-electron chi connectivity index (χ4n) is 3.50. The van der Waals surface area contributed by atoms with E-state index in [0.29, 0.717) is 11.5 Å². The van der Waals surface area contributed by atoms with E-state index in [-0.39, 0.29) is 12.5 Å². The van der Waals surface area contributed by atoms with Gasteiger partial charge in [0, 0.05) is 18.8 Å². The molecular formula is C21H29N5O2. The SMILES string of the molecule is CCCCN(CC)c1nc(C)nc2c1NC(=O)CN2c1ccc(OC)cc1C. The van der Waals surface area contributed by atoms with E-state index in [4.69, 9.17) is 4.74 Å². The normalized spacial score (nSPS) is 13.2. The van der Waals surface area contributed by atoms with E-state index in [1.165, 1.54) is 0 Å². The second kappa shape index (κ2) is 8.46. The maximum absolute atomic E-state index is 12.6. The van der Waals surface area contributed by atoms with Crippen molar-refractivity contribution >= 4 is 28.9 Å². The Kier molecular flexibility index (Phi) is 6.02. The van der Waals surface area contributed by atoms with Crippen LogP contribution in [0.5, 0.6) is 5.75 Å². The molecule has 1 amide bonds. The highest BCUT2D eigenvalue weighted by molar-refractivity contribution is 6.05. The quantitative estimate of drug-likeness (QED) is 0.784. The molecule has 1 aliphatic rings. The minimum Gasteiger partial charge on any atom is -0.497 e. The van der Waals surface area contributed by atoms with Crippen molar-refractivity contribution in [3.63, 3.8) is 0 Å². The van der Waals surface area contributed by atoms with Gasteiger partial charge in [-0.1, -0.05) is 13.3 Å². The van der Waals surface area contributed by atoms with Crippen molar-refractivity contribution in [3.8, 4) is 5.75 Å². The predicted molar refractivity (Wildman–Crippen MR) is 113 cm³/mol. The Balaban J connectivity index is 2.11. The van der Waals surface area contributed by atoms with E-state index in [9.17, 15) is 4.79 Å². The van der Waals surface area contributed by atoms with Gasteiger partial charge in [0.05, 0.1) is 7.11 Å². The van der Waals surface area contributed by atoms with Crippen LogP contribution >= 0.6 is 0 Å². The van der Waals surface area contributed by atoms with E-state index < -0.39 is 0 Å². The number of nitrogens with zero attached hydrogens (tertiary/aromatic N) is 4. The molecule has 0 saturated carbocycles. The molecule has 7 heteroatoms. The highest BCUT2D eigenvalue weighted by Crippen LogP contribution is 2.40. The summed E-state index contributed by atoms with van der Waals surface area (Å²) in [6.07, 6.45) is 2.17. The van der Waals surface area contributed by atoms with Crippen LogP contribution in [0.2, 0.25) is 0 Å². The Hall–Kier alpha value is -2.83. The number of benzene rings is 1. The molecule has 3 rings (SSSR count). The number of unbranched alkanes of at least 4 members (excludes halogenated alkanes) is 1. The van der Waals surface area contributed by atoms with Gasteiger partial charge in [0.25, 0.3) is 0 Å². The number of aryl methyl sites for hydroxylation is 2. The standard InChI is InChI=1S/C21H29N5O2/c1-6-8-11-25(7-2)20-19-21(23-15(4)22-20)26(13-18(27)24-19)17-10-9-16(28-5)12-14(17)3/h9-10,12H,6-8,11,13H2,1-5H3,(H,24,27). The van der Waals surface area contributed by atoms with E-state index in [1.807, 2.05) is 36.9 Å². The molecule has 1 aromatic heterocycles. The first-order valence-electron chi connectivity index (χ1n) is 9.84. The summed E-state index contributed by atoms with van der Waals surface area (Å²) in [4.78, 5) is 26.1. The van der Waals surface area contributed by atoms with Gasteiger partial charge >= 0.3 is 0 Å². The fourth-order valence-corrected chi connectivity index (χ4v) is 3.50. The van der Waals surface area contributed by atoms with Crippen LogP contribution in [0.4, 0.5) is 23.0 Å². The molecule has 0 fully saturated rings. The maximum atomic E-state index is 12.6. The summed E-state index contributed by atoms with van der Waals surface area (Å²) in [7, 11) is 1.65. The minimum atomic E-state index is -0.0667. The summed E-state index contributed by atoms with van der Waals surface area (Å²) in [6, 6.07) is 5.85. The Morgan fingerprint density at radius 2 is 2.04 bits per heavy atom. The first kappa shape index (κ1) is 19.9. The van der Waals surface area contributed by atoms with E-state index in [0.717, 1.165) is 54.6 Å². The van der Waals surface area contributed by atoms with Crippen molar-refractivity contribution in [1.29, 1.82) is 0 Å². The number of rotatable bonds is 7. The van der Waals surface area contributed by atoms with Gasteiger partial charge in [-0.3, -0.25) is 4.79 Å². The Morgan fingerprint density at radius 3 is 2.68 bits per heavy atom. The van der Waals surface area contributed by atoms with Crippen molar-refractivity contribution in [2.45, 2.75) is 40.5 Å². The molecule has 0 saturated heterocycles. The lowest BCUT2D eigenvalue weighted by molar-refractivity contribution is -0.115. The third-order valence-electron chi connectivity index (χ3n) is 4.96. The smallest absolute Gasteiger partial charge is 0.244 e. The number of ether oxygens (including phenoxy) is 1. The number of methoxy groups -OCH3 is 1. The minimum absolute atomic E-state index is 0.0667. The molecule has 0 spiro atoms. The fraction of sp³-hybridized carbons (Fsp3) is 0.476. The van der Waals surface area contributed by atoms with Gasteiger partial charge in [-0.25, -0.2) is 9.97 Å². The van der Waals surface area contributed by atoms with Gasteiger partial charge in [0.2, 0.25) is 5.91 Å². The molecule has 2 aromatic rings. The molecule has 28 heavy (non-hydrogen) atoms. The predicted octanol–water partition coefficient (Wildman–Crippen LogP) is 3.82. The second-order valence-electron chi connectivity index (χ2n) is 7.01. The summed E-state index contributed by atoms with van der Waals surface area (Å²) in [5.74, 6) is 2.95. The molecule has 2 heterocycles. The van der Waals surface area contributed by atoms with Gasteiger partial charge in [0.15, 0.2) is 11.6 Å². The molecule has 0 unspecified atom stereocenters. The largest absolute Gasteiger partial charge is 0.497 e. The van der Waals surface area contributed by atoms with Crippen molar-refractivity contribution < 1.29 is 9.53 Å².